The summed E-state index contributed by atoms with van der Waals surface area (Å²) in [5, 5.41) is 10.2. The fraction of sp³-hybridized carbons (Fsp3) is 0.200. The van der Waals surface area contributed by atoms with Gasteiger partial charge in [0.2, 0.25) is 11.8 Å². The highest BCUT2D eigenvalue weighted by Crippen LogP contribution is 2.22. The van der Waals surface area contributed by atoms with Gasteiger partial charge in [-0.25, -0.2) is 4.98 Å². The van der Waals surface area contributed by atoms with Crippen molar-refractivity contribution in [2.24, 2.45) is 7.05 Å². The number of hydrogen-bond donors (Lipinski definition) is 3. The van der Waals surface area contributed by atoms with E-state index >= 15 is 0 Å². The number of rotatable bonds is 8. The maximum Gasteiger partial charge on any atom is 0.261 e. The summed E-state index contributed by atoms with van der Waals surface area (Å²) in [5.74, 6) is -0.548. The predicted molar refractivity (Wildman–Crippen MR) is 114 cm³/mol. The summed E-state index contributed by atoms with van der Waals surface area (Å²) in [5.41, 5.74) is 0.802. The third kappa shape index (κ3) is 5.68. The minimum absolute atomic E-state index is 0.218. The molecule has 1 aromatic carbocycles. The van der Waals surface area contributed by atoms with Crippen LogP contribution in [0.4, 0.5) is 0 Å². The van der Waals surface area contributed by atoms with Crippen molar-refractivity contribution in [1.29, 1.82) is 0 Å². The number of aryl methyl sites for hydroxylation is 1. The van der Waals surface area contributed by atoms with Crippen molar-refractivity contribution in [2.75, 3.05) is 13.1 Å². The van der Waals surface area contributed by atoms with Gasteiger partial charge in [0.05, 0.1) is 18.0 Å². The number of hydrogen-bond acceptors (Lipinski definition) is 5. The molecule has 2 aromatic heterocycles. The van der Waals surface area contributed by atoms with E-state index < -0.39 is 17.9 Å². The van der Waals surface area contributed by atoms with E-state index in [2.05, 4.69) is 20.9 Å². The molecular formula is C20H20ClN5O3S. The average Bonchev–Trinajstić information content (AvgIpc) is 3.41. The Labute approximate surface area is 182 Å². The van der Waals surface area contributed by atoms with Crippen molar-refractivity contribution in [3.63, 3.8) is 0 Å². The Morgan fingerprint density at radius 2 is 1.83 bits per heavy atom. The Hall–Kier alpha value is -3.17. The molecular weight excluding hydrogens is 426 g/mol. The first-order valence-corrected chi connectivity index (χ1v) is 10.3. The first-order chi connectivity index (χ1) is 14.4. The molecule has 0 aliphatic rings. The molecule has 0 aliphatic carbocycles. The van der Waals surface area contributed by atoms with Crippen molar-refractivity contribution < 1.29 is 14.4 Å². The molecule has 3 aromatic rings. The molecule has 10 heteroatoms. The van der Waals surface area contributed by atoms with Crippen LogP contribution in [0, 0.1) is 0 Å². The van der Waals surface area contributed by atoms with Crippen molar-refractivity contribution in [3.05, 3.63) is 75.5 Å². The molecule has 1 unspecified atom stereocenters. The van der Waals surface area contributed by atoms with Crippen LogP contribution in [-0.2, 0) is 16.6 Å². The molecule has 3 rings (SSSR count). The lowest BCUT2D eigenvalue weighted by molar-refractivity contribution is -0.125. The zero-order valence-corrected chi connectivity index (χ0v) is 17.7. The van der Waals surface area contributed by atoms with Gasteiger partial charge in [-0.2, -0.15) is 0 Å². The zero-order valence-electron chi connectivity index (χ0n) is 16.1. The van der Waals surface area contributed by atoms with E-state index in [0.29, 0.717) is 15.7 Å². The van der Waals surface area contributed by atoms with Crippen LogP contribution < -0.4 is 16.0 Å². The number of benzene rings is 1. The Bertz CT molecular complexity index is 1020. The third-order valence-electron chi connectivity index (χ3n) is 4.23. The fourth-order valence-electron chi connectivity index (χ4n) is 2.72. The Balaban J connectivity index is 1.55. The molecule has 0 saturated carbocycles. The maximum atomic E-state index is 12.5. The van der Waals surface area contributed by atoms with E-state index in [0.717, 1.165) is 5.56 Å². The zero-order chi connectivity index (χ0) is 21.5. The molecule has 1 atom stereocenters. The highest BCUT2D eigenvalue weighted by Gasteiger charge is 2.21. The van der Waals surface area contributed by atoms with Gasteiger partial charge < -0.3 is 20.5 Å². The second kappa shape index (κ2) is 10.0. The summed E-state index contributed by atoms with van der Waals surface area (Å²) in [4.78, 5) is 41.1. The number of nitrogens with one attached hydrogen (secondary N) is 3. The van der Waals surface area contributed by atoms with Gasteiger partial charge >= 0.3 is 0 Å². The van der Waals surface area contributed by atoms with Gasteiger partial charge in [-0.15, -0.1) is 11.3 Å². The lowest BCUT2D eigenvalue weighted by Crippen LogP contribution is -2.43. The molecule has 156 valence electrons. The maximum absolute atomic E-state index is 12.5. The van der Waals surface area contributed by atoms with Crippen LogP contribution in [0.2, 0.25) is 5.02 Å². The highest BCUT2D eigenvalue weighted by molar-refractivity contribution is 7.12. The van der Waals surface area contributed by atoms with Crippen LogP contribution >= 0.6 is 22.9 Å². The minimum atomic E-state index is -0.509. The van der Waals surface area contributed by atoms with Crippen molar-refractivity contribution in [3.8, 4) is 0 Å². The van der Waals surface area contributed by atoms with Gasteiger partial charge in [-0.1, -0.05) is 29.8 Å². The fourth-order valence-corrected chi connectivity index (χ4v) is 3.48. The standard InChI is InChI=1S/C20H20ClN5O3S/c1-26-9-8-22-19(26)18(13-4-6-14(21)7-5-13)25-17(28)12-23-16(27)11-24-20(29)15-3-2-10-30-15/h2-10,18H,11-12H2,1H3,(H,23,27)(H,24,29)(H,25,28). The summed E-state index contributed by atoms with van der Waals surface area (Å²) < 4.78 is 1.80. The third-order valence-corrected chi connectivity index (χ3v) is 5.35. The van der Waals surface area contributed by atoms with E-state index in [-0.39, 0.29) is 19.0 Å². The lowest BCUT2D eigenvalue weighted by Gasteiger charge is -2.19. The number of carbonyl (C=O) groups is 3. The molecule has 30 heavy (non-hydrogen) atoms. The quantitative estimate of drug-likeness (QED) is 0.492. The molecule has 0 radical (unpaired) electrons. The topological polar surface area (TPSA) is 105 Å². The van der Waals surface area contributed by atoms with Crippen LogP contribution in [0.3, 0.4) is 0 Å². The van der Waals surface area contributed by atoms with Crippen LogP contribution in [0.1, 0.15) is 27.1 Å². The summed E-state index contributed by atoms with van der Waals surface area (Å²) >= 11 is 7.24. The lowest BCUT2D eigenvalue weighted by atomic mass is 10.1. The molecule has 0 fully saturated rings. The van der Waals surface area contributed by atoms with E-state index in [9.17, 15) is 14.4 Å². The van der Waals surface area contributed by atoms with Crippen molar-refractivity contribution in [2.45, 2.75) is 6.04 Å². The van der Waals surface area contributed by atoms with Crippen LogP contribution in [-0.4, -0.2) is 40.4 Å². The second-order valence-electron chi connectivity index (χ2n) is 6.39. The number of thiophene rings is 1. The molecule has 3 amide bonds. The average molecular weight is 446 g/mol. The Kier molecular flexibility index (Phi) is 7.21. The van der Waals surface area contributed by atoms with Crippen molar-refractivity contribution in [1.82, 2.24) is 25.5 Å². The second-order valence-corrected chi connectivity index (χ2v) is 7.77. The van der Waals surface area contributed by atoms with Gasteiger partial charge in [-0.05, 0) is 29.1 Å². The van der Waals surface area contributed by atoms with Crippen LogP contribution in [0.5, 0.6) is 0 Å². The van der Waals surface area contributed by atoms with E-state index in [1.54, 1.807) is 58.7 Å². The normalized spacial score (nSPS) is 11.5. The summed E-state index contributed by atoms with van der Waals surface area (Å²) in [6.45, 7) is -0.452. The monoisotopic (exact) mass is 445 g/mol. The molecule has 0 spiro atoms. The summed E-state index contributed by atoms with van der Waals surface area (Å²) in [6, 6.07) is 9.99. The first kappa shape index (κ1) is 21.5. The SMILES string of the molecule is Cn1ccnc1C(NC(=O)CNC(=O)CNC(=O)c1cccs1)c1ccc(Cl)cc1. The summed E-state index contributed by atoms with van der Waals surface area (Å²) in [7, 11) is 1.83. The Morgan fingerprint density at radius 3 is 2.47 bits per heavy atom. The molecule has 2 heterocycles. The molecule has 0 aliphatic heterocycles. The highest BCUT2D eigenvalue weighted by atomic mass is 35.5. The number of imidazole rings is 1. The predicted octanol–water partition coefficient (Wildman–Crippen LogP) is 1.89. The number of halogens is 1. The van der Waals surface area contributed by atoms with E-state index in [1.165, 1.54) is 11.3 Å². The van der Waals surface area contributed by atoms with Crippen molar-refractivity contribution >= 4 is 40.7 Å². The molecule has 0 saturated heterocycles. The smallest absolute Gasteiger partial charge is 0.261 e. The number of nitrogens with zero attached hydrogens (tertiary/aromatic N) is 2. The van der Waals surface area contributed by atoms with Gasteiger partial charge in [-0.3, -0.25) is 14.4 Å². The van der Waals surface area contributed by atoms with Crippen LogP contribution in [0.15, 0.2) is 54.2 Å². The molecule has 8 nitrogen and oxygen atoms in total. The first-order valence-electron chi connectivity index (χ1n) is 9.04. The number of aromatic nitrogens is 2. The van der Waals surface area contributed by atoms with Gasteiger partial charge in [0.1, 0.15) is 11.9 Å². The van der Waals surface area contributed by atoms with Gasteiger partial charge in [0.25, 0.3) is 5.91 Å². The number of carbonyl (C=O) groups excluding carboxylic acids is 3. The minimum Gasteiger partial charge on any atom is -0.346 e. The summed E-state index contributed by atoms with van der Waals surface area (Å²) in [6.07, 6.45) is 3.42. The van der Waals surface area contributed by atoms with Crippen LogP contribution in [0.25, 0.3) is 0 Å². The molecule has 0 bridgehead atoms. The molecule has 3 N–H and O–H groups in total. The largest absolute Gasteiger partial charge is 0.346 e. The van der Waals surface area contributed by atoms with Gasteiger partial charge in [0, 0.05) is 24.5 Å². The number of amides is 3. The van der Waals surface area contributed by atoms with Gasteiger partial charge in [0.15, 0.2) is 0 Å². The van der Waals surface area contributed by atoms with E-state index in [1.807, 2.05) is 7.05 Å². The Morgan fingerprint density at radius 1 is 1.10 bits per heavy atom. The van der Waals surface area contributed by atoms with E-state index in [4.69, 9.17) is 11.6 Å².